The topological polar surface area (TPSA) is 63.0 Å². The van der Waals surface area contributed by atoms with Gasteiger partial charge in [0.05, 0.1) is 11.9 Å². The molecule has 1 rings (SSSR count). The van der Waals surface area contributed by atoms with E-state index in [0.717, 1.165) is 12.2 Å². The third-order valence-electron chi connectivity index (χ3n) is 2.43. The Kier molecular flexibility index (Phi) is 3.82. The number of aliphatic hydroxyl groups is 1. The summed E-state index contributed by atoms with van der Waals surface area (Å²) < 4.78 is 1.61. The Morgan fingerprint density at radius 2 is 2.27 bits per heavy atom. The van der Waals surface area contributed by atoms with Gasteiger partial charge in [0, 0.05) is 13.1 Å². The molecule has 0 saturated heterocycles. The third kappa shape index (κ3) is 3.28. The van der Waals surface area contributed by atoms with Crippen LogP contribution in [0.2, 0.25) is 0 Å². The summed E-state index contributed by atoms with van der Waals surface area (Å²) in [5.74, 6) is 0. The normalized spacial score (nSPS) is 15.6. The predicted molar refractivity (Wildman–Crippen MR) is 58.3 cm³/mol. The number of aromatic nitrogens is 3. The summed E-state index contributed by atoms with van der Waals surface area (Å²) in [6.45, 7) is 6.73. The van der Waals surface area contributed by atoms with E-state index in [4.69, 9.17) is 0 Å². The van der Waals surface area contributed by atoms with Gasteiger partial charge in [-0.25, -0.2) is 4.68 Å². The first kappa shape index (κ1) is 12.1. The van der Waals surface area contributed by atoms with Gasteiger partial charge in [-0.15, -0.1) is 5.10 Å². The molecule has 0 aliphatic carbocycles. The molecule has 2 N–H and O–H groups in total. The van der Waals surface area contributed by atoms with Crippen molar-refractivity contribution in [1.29, 1.82) is 0 Å². The molecule has 86 valence electrons. The highest BCUT2D eigenvalue weighted by Gasteiger charge is 2.26. The quantitative estimate of drug-likeness (QED) is 0.742. The fraction of sp³-hybridized carbons (Fsp3) is 0.800. The second-order valence-electron chi connectivity index (χ2n) is 4.38. The summed E-state index contributed by atoms with van der Waals surface area (Å²) in [6.07, 6.45) is 2.25. The van der Waals surface area contributed by atoms with Crippen molar-refractivity contribution < 1.29 is 5.11 Å². The molecule has 0 spiro atoms. The number of rotatable bonds is 5. The van der Waals surface area contributed by atoms with E-state index in [1.807, 2.05) is 0 Å². The minimum absolute atomic E-state index is 0.436. The average Bonchev–Trinajstić information content (AvgIpc) is 2.50. The summed E-state index contributed by atoms with van der Waals surface area (Å²) in [5.41, 5.74) is -0.131. The summed E-state index contributed by atoms with van der Waals surface area (Å²) >= 11 is 0. The summed E-state index contributed by atoms with van der Waals surface area (Å²) in [5, 5.41) is 21.1. The van der Waals surface area contributed by atoms with E-state index in [1.165, 1.54) is 0 Å². The SMILES string of the molecule is CC(C)NCCC(C)(O)c1cnnn1C. The van der Waals surface area contributed by atoms with Crippen LogP contribution in [0.3, 0.4) is 0 Å². The fourth-order valence-electron chi connectivity index (χ4n) is 1.51. The fourth-order valence-corrected chi connectivity index (χ4v) is 1.51. The zero-order chi connectivity index (χ0) is 11.5. The highest BCUT2D eigenvalue weighted by atomic mass is 16.3. The maximum atomic E-state index is 10.2. The van der Waals surface area contributed by atoms with Crippen molar-refractivity contribution in [3.8, 4) is 0 Å². The van der Waals surface area contributed by atoms with Gasteiger partial charge in [-0.2, -0.15) is 0 Å². The van der Waals surface area contributed by atoms with Crippen molar-refractivity contribution in [3.63, 3.8) is 0 Å². The van der Waals surface area contributed by atoms with Gasteiger partial charge in [0.1, 0.15) is 5.60 Å². The number of aryl methyl sites for hydroxylation is 1. The van der Waals surface area contributed by atoms with Crippen molar-refractivity contribution in [1.82, 2.24) is 20.3 Å². The number of hydrogen-bond donors (Lipinski definition) is 2. The lowest BCUT2D eigenvalue weighted by atomic mass is 9.98. The lowest BCUT2D eigenvalue weighted by molar-refractivity contribution is 0.0392. The Labute approximate surface area is 90.5 Å². The van der Waals surface area contributed by atoms with Crippen LogP contribution < -0.4 is 5.32 Å². The largest absolute Gasteiger partial charge is 0.384 e. The molecular formula is C10H20N4O. The molecule has 0 bridgehead atoms. The molecule has 0 aliphatic rings. The molecule has 1 aromatic rings. The smallest absolute Gasteiger partial charge is 0.106 e. The molecule has 1 heterocycles. The van der Waals surface area contributed by atoms with Gasteiger partial charge >= 0.3 is 0 Å². The monoisotopic (exact) mass is 212 g/mol. The maximum absolute atomic E-state index is 10.2. The second kappa shape index (κ2) is 4.72. The summed E-state index contributed by atoms with van der Waals surface area (Å²) in [4.78, 5) is 0. The van der Waals surface area contributed by atoms with Crippen LogP contribution >= 0.6 is 0 Å². The van der Waals surface area contributed by atoms with E-state index >= 15 is 0 Å². The average molecular weight is 212 g/mol. The first-order valence-corrected chi connectivity index (χ1v) is 5.24. The van der Waals surface area contributed by atoms with Gasteiger partial charge in [-0.05, 0) is 19.9 Å². The molecule has 0 aromatic carbocycles. The molecule has 5 heteroatoms. The Bertz CT molecular complexity index is 306. The number of nitrogens with one attached hydrogen (secondary N) is 1. The van der Waals surface area contributed by atoms with Gasteiger partial charge < -0.3 is 10.4 Å². The van der Waals surface area contributed by atoms with E-state index in [-0.39, 0.29) is 0 Å². The van der Waals surface area contributed by atoms with Crippen molar-refractivity contribution in [3.05, 3.63) is 11.9 Å². The van der Waals surface area contributed by atoms with Crippen LogP contribution in [0.1, 0.15) is 32.9 Å². The molecule has 15 heavy (non-hydrogen) atoms. The van der Waals surface area contributed by atoms with Crippen LogP contribution in [0, 0.1) is 0 Å². The standard InChI is InChI=1S/C10H20N4O/c1-8(2)11-6-5-10(3,15)9-7-12-13-14(9)4/h7-8,11,15H,5-6H2,1-4H3. The summed E-state index contributed by atoms with van der Waals surface area (Å²) in [7, 11) is 1.78. The van der Waals surface area contributed by atoms with Crippen LogP contribution in [0.15, 0.2) is 6.20 Å². The molecule has 0 radical (unpaired) electrons. The zero-order valence-electron chi connectivity index (χ0n) is 9.86. The molecule has 1 atom stereocenters. The molecular weight excluding hydrogens is 192 g/mol. The molecule has 1 aromatic heterocycles. The Morgan fingerprint density at radius 3 is 2.73 bits per heavy atom. The number of hydrogen-bond acceptors (Lipinski definition) is 4. The van der Waals surface area contributed by atoms with Gasteiger partial charge in [0.2, 0.25) is 0 Å². The van der Waals surface area contributed by atoms with Crippen molar-refractivity contribution in [2.24, 2.45) is 7.05 Å². The van der Waals surface area contributed by atoms with Crippen molar-refractivity contribution in [2.75, 3.05) is 6.54 Å². The van der Waals surface area contributed by atoms with E-state index in [9.17, 15) is 5.11 Å². The number of nitrogens with zero attached hydrogens (tertiary/aromatic N) is 3. The van der Waals surface area contributed by atoms with E-state index in [2.05, 4.69) is 29.5 Å². The minimum atomic E-state index is -0.875. The Balaban J connectivity index is 2.56. The van der Waals surface area contributed by atoms with E-state index in [0.29, 0.717) is 12.5 Å². The van der Waals surface area contributed by atoms with Gasteiger partial charge in [-0.1, -0.05) is 19.1 Å². The van der Waals surface area contributed by atoms with E-state index in [1.54, 1.807) is 24.9 Å². The highest BCUT2D eigenvalue weighted by Crippen LogP contribution is 2.22. The van der Waals surface area contributed by atoms with Crippen LogP contribution in [0.25, 0.3) is 0 Å². The molecule has 1 unspecified atom stereocenters. The van der Waals surface area contributed by atoms with Crippen LogP contribution in [-0.4, -0.2) is 32.7 Å². The molecule has 0 aliphatic heterocycles. The first-order chi connectivity index (χ1) is 6.93. The van der Waals surface area contributed by atoms with Crippen LogP contribution in [0.5, 0.6) is 0 Å². The first-order valence-electron chi connectivity index (χ1n) is 5.24. The Morgan fingerprint density at radius 1 is 1.60 bits per heavy atom. The van der Waals surface area contributed by atoms with E-state index < -0.39 is 5.60 Å². The minimum Gasteiger partial charge on any atom is -0.384 e. The second-order valence-corrected chi connectivity index (χ2v) is 4.38. The molecule has 0 fully saturated rings. The predicted octanol–water partition coefficient (Wildman–Crippen LogP) is 0.411. The van der Waals surface area contributed by atoms with Gasteiger partial charge in [-0.3, -0.25) is 0 Å². The van der Waals surface area contributed by atoms with Gasteiger partial charge in [0.15, 0.2) is 0 Å². The van der Waals surface area contributed by atoms with Crippen molar-refractivity contribution >= 4 is 0 Å². The highest BCUT2D eigenvalue weighted by molar-refractivity contribution is 5.05. The molecule has 0 amide bonds. The maximum Gasteiger partial charge on any atom is 0.106 e. The van der Waals surface area contributed by atoms with Crippen molar-refractivity contribution in [2.45, 2.75) is 38.8 Å². The lowest BCUT2D eigenvalue weighted by Gasteiger charge is -2.23. The van der Waals surface area contributed by atoms with Gasteiger partial charge in [0.25, 0.3) is 0 Å². The van der Waals surface area contributed by atoms with Crippen LogP contribution in [-0.2, 0) is 12.6 Å². The Hall–Kier alpha value is -0.940. The molecule has 5 nitrogen and oxygen atoms in total. The van der Waals surface area contributed by atoms with Crippen LogP contribution in [0.4, 0.5) is 0 Å². The summed E-state index contributed by atoms with van der Waals surface area (Å²) in [6, 6.07) is 0.436. The third-order valence-corrected chi connectivity index (χ3v) is 2.43. The lowest BCUT2D eigenvalue weighted by Crippen LogP contribution is -2.32. The zero-order valence-corrected chi connectivity index (χ0v) is 9.86. The molecule has 0 saturated carbocycles.